The maximum atomic E-state index is 5.41. The zero-order chi connectivity index (χ0) is 13.6. The Labute approximate surface area is 112 Å². The van der Waals surface area contributed by atoms with Crippen LogP contribution in [-0.2, 0) is 7.05 Å². The van der Waals surface area contributed by atoms with Crippen molar-refractivity contribution in [3.05, 3.63) is 18.2 Å². The first-order valence-corrected chi connectivity index (χ1v) is 6.55. The molecule has 102 valence electrons. The van der Waals surface area contributed by atoms with Crippen LogP contribution in [0.2, 0.25) is 0 Å². The van der Waals surface area contributed by atoms with Crippen molar-refractivity contribution in [3.8, 4) is 11.5 Å². The topological polar surface area (TPSA) is 60.0 Å². The third-order valence-electron chi connectivity index (χ3n) is 3.55. The van der Waals surface area contributed by atoms with Gasteiger partial charge in [-0.2, -0.15) is 10.1 Å². The van der Waals surface area contributed by atoms with Gasteiger partial charge in [-0.1, -0.05) is 5.16 Å². The molecule has 3 heterocycles. The Bertz CT molecular complexity index is 580. The zero-order valence-electron chi connectivity index (χ0n) is 11.8. The fraction of sp³-hybridized carbons (Fsp3) is 0.615. The van der Waals surface area contributed by atoms with Crippen molar-refractivity contribution in [3.63, 3.8) is 0 Å². The van der Waals surface area contributed by atoms with E-state index in [2.05, 4.69) is 40.9 Å². The van der Waals surface area contributed by atoms with Crippen molar-refractivity contribution >= 4 is 0 Å². The van der Waals surface area contributed by atoms with E-state index >= 15 is 0 Å². The standard InChI is InChI=1S/C13H19N5O/c1-13(2,3)18-8-6-10(18)12-14-11(16-19-12)9-5-7-17(4)15-9/h5,7,10H,6,8H2,1-4H3. The van der Waals surface area contributed by atoms with E-state index in [0.717, 1.165) is 18.7 Å². The second-order valence-corrected chi connectivity index (χ2v) is 6.00. The summed E-state index contributed by atoms with van der Waals surface area (Å²) in [5.74, 6) is 1.26. The predicted molar refractivity (Wildman–Crippen MR) is 70.3 cm³/mol. The van der Waals surface area contributed by atoms with Crippen LogP contribution >= 0.6 is 0 Å². The molecule has 1 aliphatic rings. The Kier molecular flexibility index (Phi) is 2.70. The summed E-state index contributed by atoms with van der Waals surface area (Å²) >= 11 is 0. The second kappa shape index (κ2) is 4.16. The van der Waals surface area contributed by atoms with Gasteiger partial charge in [0.25, 0.3) is 0 Å². The van der Waals surface area contributed by atoms with E-state index in [1.807, 2.05) is 19.3 Å². The van der Waals surface area contributed by atoms with E-state index in [4.69, 9.17) is 4.52 Å². The lowest BCUT2D eigenvalue weighted by molar-refractivity contribution is -0.0159. The molecule has 1 atom stereocenters. The predicted octanol–water partition coefficient (Wildman–Crippen LogP) is 2.02. The van der Waals surface area contributed by atoms with E-state index in [9.17, 15) is 0 Å². The highest BCUT2D eigenvalue weighted by Gasteiger charge is 2.40. The molecular formula is C13H19N5O. The molecule has 0 amide bonds. The van der Waals surface area contributed by atoms with Crippen molar-refractivity contribution in [1.29, 1.82) is 0 Å². The van der Waals surface area contributed by atoms with Crippen molar-refractivity contribution in [2.75, 3.05) is 6.54 Å². The number of rotatable bonds is 2. The smallest absolute Gasteiger partial charge is 0.244 e. The van der Waals surface area contributed by atoms with Crippen LogP contribution in [0.4, 0.5) is 0 Å². The third kappa shape index (κ3) is 2.16. The molecule has 2 aromatic rings. The Morgan fingerprint density at radius 3 is 2.68 bits per heavy atom. The van der Waals surface area contributed by atoms with Gasteiger partial charge in [0.2, 0.25) is 11.7 Å². The summed E-state index contributed by atoms with van der Waals surface area (Å²) in [6.45, 7) is 7.69. The maximum absolute atomic E-state index is 5.41. The largest absolute Gasteiger partial charge is 0.337 e. The van der Waals surface area contributed by atoms with Crippen LogP contribution in [0.1, 0.15) is 39.1 Å². The van der Waals surface area contributed by atoms with Crippen molar-refractivity contribution < 1.29 is 4.52 Å². The molecule has 0 spiro atoms. The molecule has 0 bridgehead atoms. The summed E-state index contributed by atoms with van der Waals surface area (Å²) in [7, 11) is 1.87. The highest BCUT2D eigenvalue weighted by molar-refractivity contribution is 5.46. The Morgan fingerprint density at radius 2 is 2.16 bits per heavy atom. The van der Waals surface area contributed by atoms with Gasteiger partial charge >= 0.3 is 0 Å². The third-order valence-corrected chi connectivity index (χ3v) is 3.55. The van der Waals surface area contributed by atoms with Crippen LogP contribution in [0.3, 0.4) is 0 Å². The highest BCUT2D eigenvalue weighted by Crippen LogP contribution is 2.38. The molecule has 0 aromatic carbocycles. The monoisotopic (exact) mass is 261 g/mol. The molecular weight excluding hydrogens is 242 g/mol. The Hall–Kier alpha value is -1.69. The summed E-state index contributed by atoms with van der Waals surface area (Å²) in [5, 5.41) is 8.31. The van der Waals surface area contributed by atoms with Gasteiger partial charge in [-0.25, -0.2) is 0 Å². The van der Waals surface area contributed by atoms with Gasteiger partial charge in [-0.05, 0) is 33.3 Å². The number of aromatic nitrogens is 4. The lowest BCUT2D eigenvalue weighted by atomic mass is 9.93. The number of hydrogen-bond acceptors (Lipinski definition) is 5. The summed E-state index contributed by atoms with van der Waals surface area (Å²) < 4.78 is 7.14. The Morgan fingerprint density at radius 1 is 1.37 bits per heavy atom. The molecule has 0 N–H and O–H groups in total. The molecule has 6 nitrogen and oxygen atoms in total. The van der Waals surface area contributed by atoms with E-state index < -0.39 is 0 Å². The molecule has 3 rings (SSSR count). The minimum atomic E-state index is 0.128. The minimum absolute atomic E-state index is 0.128. The molecule has 1 aliphatic heterocycles. The quantitative estimate of drug-likeness (QED) is 0.827. The molecule has 2 aromatic heterocycles. The first kappa shape index (κ1) is 12.3. The van der Waals surface area contributed by atoms with E-state index in [1.54, 1.807) is 4.68 Å². The normalized spacial score (nSPS) is 20.5. The number of nitrogens with zero attached hydrogens (tertiary/aromatic N) is 5. The highest BCUT2D eigenvalue weighted by atomic mass is 16.5. The maximum Gasteiger partial charge on any atom is 0.244 e. The van der Waals surface area contributed by atoms with Crippen LogP contribution in [0.5, 0.6) is 0 Å². The summed E-state index contributed by atoms with van der Waals surface area (Å²) in [4.78, 5) is 6.86. The molecule has 1 unspecified atom stereocenters. The average Bonchev–Trinajstić information content (AvgIpc) is 2.82. The number of aryl methyl sites for hydroxylation is 1. The SMILES string of the molecule is Cn1ccc(-c2noc(C3CCN3C(C)(C)C)n2)n1. The van der Waals surface area contributed by atoms with Gasteiger partial charge in [-0.3, -0.25) is 9.58 Å². The lowest BCUT2D eigenvalue weighted by Gasteiger charge is -2.47. The van der Waals surface area contributed by atoms with Crippen molar-refractivity contribution in [1.82, 2.24) is 24.8 Å². The van der Waals surface area contributed by atoms with Crippen LogP contribution in [-0.4, -0.2) is 36.9 Å². The molecule has 19 heavy (non-hydrogen) atoms. The van der Waals surface area contributed by atoms with E-state index in [1.165, 1.54) is 0 Å². The lowest BCUT2D eigenvalue weighted by Crippen LogP contribution is -2.52. The molecule has 0 radical (unpaired) electrons. The number of likely N-dealkylation sites (tertiary alicyclic amines) is 1. The summed E-state index contributed by atoms with van der Waals surface area (Å²) in [6.07, 6.45) is 2.94. The zero-order valence-corrected chi connectivity index (χ0v) is 11.8. The van der Waals surface area contributed by atoms with Gasteiger partial charge in [0.05, 0.1) is 6.04 Å². The van der Waals surface area contributed by atoms with Crippen molar-refractivity contribution in [2.45, 2.75) is 38.8 Å². The fourth-order valence-corrected chi connectivity index (χ4v) is 2.46. The van der Waals surface area contributed by atoms with Gasteiger partial charge in [0.1, 0.15) is 5.69 Å². The Balaban J connectivity index is 1.82. The van der Waals surface area contributed by atoms with Gasteiger partial charge in [-0.15, -0.1) is 0 Å². The second-order valence-electron chi connectivity index (χ2n) is 6.00. The molecule has 1 fully saturated rings. The van der Waals surface area contributed by atoms with Crippen LogP contribution in [0.15, 0.2) is 16.8 Å². The van der Waals surface area contributed by atoms with Gasteiger partial charge in [0, 0.05) is 25.3 Å². The van der Waals surface area contributed by atoms with Crippen LogP contribution in [0.25, 0.3) is 11.5 Å². The van der Waals surface area contributed by atoms with E-state index in [-0.39, 0.29) is 11.6 Å². The fourth-order valence-electron chi connectivity index (χ4n) is 2.46. The van der Waals surface area contributed by atoms with Gasteiger partial charge in [0.15, 0.2) is 0 Å². The minimum Gasteiger partial charge on any atom is -0.337 e. The molecule has 0 aliphatic carbocycles. The molecule has 1 saturated heterocycles. The van der Waals surface area contributed by atoms with Crippen LogP contribution < -0.4 is 0 Å². The van der Waals surface area contributed by atoms with Crippen molar-refractivity contribution in [2.24, 2.45) is 7.05 Å². The van der Waals surface area contributed by atoms with Gasteiger partial charge < -0.3 is 4.52 Å². The van der Waals surface area contributed by atoms with E-state index in [0.29, 0.717) is 11.7 Å². The molecule has 6 heteroatoms. The molecule has 0 saturated carbocycles. The first-order chi connectivity index (χ1) is 8.95. The summed E-state index contributed by atoms with van der Waals surface area (Å²) in [6, 6.07) is 2.13. The average molecular weight is 261 g/mol. The number of hydrogen-bond donors (Lipinski definition) is 0. The van der Waals surface area contributed by atoms with Crippen LogP contribution in [0, 0.1) is 0 Å². The summed E-state index contributed by atoms with van der Waals surface area (Å²) in [5.41, 5.74) is 0.877. The first-order valence-electron chi connectivity index (χ1n) is 6.55.